The first-order chi connectivity index (χ1) is 20.1. The van der Waals surface area contributed by atoms with Crippen molar-refractivity contribution in [2.75, 3.05) is 30.3 Å². The molecule has 0 radical (unpaired) electrons. The predicted octanol–water partition coefficient (Wildman–Crippen LogP) is 6.85. The Kier molecular flexibility index (Phi) is 12.5. The van der Waals surface area contributed by atoms with Gasteiger partial charge in [-0.1, -0.05) is 57.4 Å². The van der Waals surface area contributed by atoms with Crippen molar-refractivity contribution in [3.63, 3.8) is 0 Å². The predicted molar refractivity (Wildman–Crippen MR) is 173 cm³/mol. The Morgan fingerprint density at radius 2 is 1.90 bits per heavy atom. The number of nitrogens with one attached hydrogen (secondary N) is 2. The number of hydrogen-bond acceptors (Lipinski definition) is 5. The molecule has 1 aliphatic rings. The van der Waals surface area contributed by atoms with E-state index in [0.717, 1.165) is 61.9 Å². The van der Waals surface area contributed by atoms with Gasteiger partial charge in [0, 0.05) is 30.9 Å². The first kappa shape index (κ1) is 32.7. The second-order valence-electron chi connectivity index (χ2n) is 11.6. The molecule has 1 fully saturated rings. The molecule has 2 aromatic rings. The van der Waals surface area contributed by atoms with Crippen LogP contribution in [0.2, 0.25) is 0 Å². The van der Waals surface area contributed by atoms with Crippen molar-refractivity contribution in [3.8, 4) is 0 Å². The lowest BCUT2D eigenvalue weighted by atomic mass is 9.97. The van der Waals surface area contributed by atoms with E-state index < -0.39 is 0 Å². The van der Waals surface area contributed by atoms with Gasteiger partial charge in [-0.15, -0.1) is 0 Å². The molecule has 42 heavy (non-hydrogen) atoms. The third-order valence-corrected chi connectivity index (χ3v) is 7.32. The van der Waals surface area contributed by atoms with Crippen molar-refractivity contribution >= 4 is 28.8 Å². The van der Waals surface area contributed by atoms with Crippen LogP contribution in [0.4, 0.5) is 11.4 Å². The number of hydrogen-bond donors (Lipinski definition) is 2. The zero-order valence-electron chi connectivity index (χ0n) is 26.5. The van der Waals surface area contributed by atoms with E-state index in [2.05, 4.69) is 66.3 Å². The number of anilines is 2. The van der Waals surface area contributed by atoms with Gasteiger partial charge < -0.3 is 10.6 Å². The number of unbranched alkanes of at least 4 members (excludes halogenated alkanes) is 1. The van der Waals surface area contributed by atoms with Gasteiger partial charge in [-0.3, -0.25) is 24.2 Å². The molecule has 2 amide bonds. The minimum atomic E-state index is -0.229. The lowest BCUT2D eigenvalue weighted by Gasteiger charge is -2.16. The van der Waals surface area contributed by atoms with E-state index in [0.29, 0.717) is 35.1 Å². The van der Waals surface area contributed by atoms with Crippen molar-refractivity contribution in [1.82, 2.24) is 19.7 Å². The van der Waals surface area contributed by atoms with Gasteiger partial charge >= 0.3 is 0 Å². The molecule has 2 N–H and O–H groups in total. The molecule has 1 atom stereocenters. The number of allylic oxidation sites excluding steroid dienone is 6. The molecule has 0 bridgehead atoms. The fraction of sp³-hybridized carbons (Fsp3) is 0.471. The highest BCUT2D eigenvalue weighted by atomic mass is 16.2. The molecule has 1 aliphatic heterocycles. The van der Waals surface area contributed by atoms with E-state index in [4.69, 9.17) is 0 Å². The summed E-state index contributed by atoms with van der Waals surface area (Å²) >= 11 is 0. The van der Waals surface area contributed by atoms with Crippen LogP contribution in [-0.2, 0) is 16.6 Å². The standard InChI is InChI=1S/C34H48N6O2/c1-8-10-11-13-28(17-29(24(3)4)16-27(12-9-2)30-19-36-39(7)22-30)34(42)38-32-18-31(20-35-26(32)6)37-33(41)23-40-15-14-25(5)21-40/h11,13,16-20,22,25H,8-10,12,14-15,21,23H2,1-7H3,(H,37,41)(H,38,42)/b13-11+,27-16+,28-17+/t25-/m0/s1. The maximum Gasteiger partial charge on any atom is 0.255 e. The van der Waals surface area contributed by atoms with Crippen LogP contribution in [0, 0.1) is 12.8 Å². The van der Waals surface area contributed by atoms with E-state index in [1.807, 2.05) is 49.3 Å². The number of carbonyl (C=O) groups excluding carboxylic acids is 2. The molecule has 3 heterocycles. The first-order valence-electron chi connectivity index (χ1n) is 15.1. The van der Waals surface area contributed by atoms with Crippen molar-refractivity contribution in [1.29, 1.82) is 0 Å². The van der Waals surface area contributed by atoms with Gasteiger partial charge in [-0.2, -0.15) is 5.10 Å². The molecule has 8 nitrogen and oxygen atoms in total. The van der Waals surface area contributed by atoms with Gasteiger partial charge in [0.05, 0.1) is 36.0 Å². The van der Waals surface area contributed by atoms with E-state index >= 15 is 0 Å². The summed E-state index contributed by atoms with van der Waals surface area (Å²) in [5.74, 6) is 0.309. The summed E-state index contributed by atoms with van der Waals surface area (Å²) in [5, 5.41) is 10.4. The Balaban J connectivity index is 1.86. The molecule has 0 aliphatic carbocycles. The highest BCUT2D eigenvalue weighted by Gasteiger charge is 2.21. The summed E-state index contributed by atoms with van der Waals surface area (Å²) in [6, 6.07) is 1.78. The molecule has 2 aromatic heterocycles. The number of amides is 2. The summed E-state index contributed by atoms with van der Waals surface area (Å²) in [5.41, 5.74) is 6.72. The summed E-state index contributed by atoms with van der Waals surface area (Å²) < 4.78 is 1.81. The van der Waals surface area contributed by atoms with Crippen LogP contribution >= 0.6 is 0 Å². The molecule has 3 rings (SSSR count). The maximum absolute atomic E-state index is 13.7. The molecule has 0 aromatic carbocycles. The summed E-state index contributed by atoms with van der Waals surface area (Å²) in [4.78, 5) is 33.0. The van der Waals surface area contributed by atoms with Crippen molar-refractivity contribution < 1.29 is 9.59 Å². The van der Waals surface area contributed by atoms with E-state index in [1.165, 1.54) is 5.57 Å². The largest absolute Gasteiger partial charge is 0.324 e. The summed E-state index contributed by atoms with van der Waals surface area (Å²) in [7, 11) is 1.92. The minimum absolute atomic E-state index is 0.0772. The molecular weight excluding hydrogens is 524 g/mol. The second-order valence-corrected chi connectivity index (χ2v) is 11.6. The molecule has 0 saturated carbocycles. The molecular formula is C34H48N6O2. The van der Waals surface area contributed by atoms with Crippen LogP contribution in [0.5, 0.6) is 0 Å². The average molecular weight is 573 g/mol. The molecule has 226 valence electrons. The highest BCUT2D eigenvalue weighted by molar-refractivity contribution is 6.07. The van der Waals surface area contributed by atoms with Crippen LogP contribution in [0.25, 0.3) is 5.57 Å². The summed E-state index contributed by atoms with van der Waals surface area (Å²) in [6.45, 7) is 14.7. The fourth-order valence-electron chi connectivity index (χ4n) is 4.90. The molecule has 0 spiro atoms. The van der Waals surface area contributed by atoms with Crippen molar-refractivity contribution in [2.45, 2.75) is 73.6 Å². The third-order valence-electron chi connectivity index (χ3n) is 7.32. The van der Waals surface area contributed by atoms with Crippen molar-refractivity contribution in [3.05, 3.63) is 76.9 Å². The molecule has 8 heteroatoms. The highest BCUT2D eigenvalue weighted by Crippen LogP contribution is 2.25. The zero-order chi connectivity index (χ0) is 30.6. The second kappa shape index (κ2) is 16.0. The van der Waals surface area contributed by atoms with Crippen LogP contribution in [0.15, 0.2) is 65.7 Å². The monoisotopic (exact) mass is 572 g/mol. The van der Waals surface area contributed by atoms with E-state index in [9.17, 15) is 9.59 Å². The Labute approximate surface area is 251 Å². The maximum atomic E-state index is 13.7. The van der Waals surface area contributed by atoms with Gasteiger partial charge in [0.2, 0.25) is 5.91 Å². The van der Waals surface area contributed by atoms with Crippen molar-refractivity contribution in [2.24, 2.45) is 13.0 Å². The Morgan fingerprint density at radius 1 is 1.12 bits per heavy atom. The number of likely N-dealkylation sites (tertiary alicyclic amines) is 1. The van der Waals surface area contributed by atoms with Gasteiger partial charge in [-0.05, 0) is 75.8 Å². The zero-order valence-corrected chi connectivity index (χ0v) is 26.5. The number of rotatable bonds is 13. The Morgan fingerprint density at radius 3 is 2.52 bits per heavy atom. The molecule has 0 unspecified atom stereocenters. The van der Waals surface area contributed by atoms with Gasteiger partial charge in [0.25, 0.3) is 5.91 Å². The Hall–Kier alpha value is -3.78. The van der Waals surface area contributed by atoms with Gasteiger partial charge in [-0.25, -0.2) is 0 Å². The fourth-order valence-corrected chi connectivity index (χ4v) is 4.90. The smallest absolute Gasteiger partial charge is 0.255 e. The van der Waals surface area contributed by atoms with Gasteiger partial charge in [0.15, 0.2) is 0 Å². The summed E-state index contributed by atoms with van der Waals surface area (Å²) in [6.07, 6.45) is 18.5. The van der Waals surface area contributed by atoms with Crippen LogP contribution in [0.3, 0.4) is 0 Å². The SMILES string of the molecule is CCC/C=C/C(=C\C(/C=C(\CCC)c1cnn(C)c1)=C(C)C)C(=O)Nc1cc(NC(=O)CN2CC[C@H](C)C2)cnc1C. The number of pyridine rings is 1. The number of carbonyl (C=O) groups is 2. The Bertz CT molecular complexity index is 1360. The van der Waals surface area contributed by atoms with E-state index in [1.54, 1.807) is 12.3 Å². The minimum Gasteiger partial charge on any atom is -0.324 e. The topological polar surface area (TPSA) is 92.2 Å². The number of nitrogens with zero attached hydrogens (tertiary/aromatic N) is 4. The first-order valence-corrected chi connectivity index (χ1v) is 15.1. The lowest BCUT2D eigenvalue weighted by molar-refractivity contribution is -0.117. The molecule has 1 saturated heterocycles. The van der Waals surface area contributed by atoms with Crippen LogP contribution < -0.4 is 10.6 Å². The average Bonchev–Trinajstić information content (AvgIpc) is 3.56. The van der Waals surface area contributed by atoms with E-state index in [-0.39, 0.29) is 11.8 Å². The van der Waals surface area contributed by atoms with Crippen LogP contribution in [0.1, 0.15) is 78.0 Å². The third kappa shape index (κ3) is 9.94. The number of aryl methyl sites for hydroxylation is 2. The quantitative estimate of drug-likeness (QED) is 0.202. The number of aromatic nitrogens is 3. The normalized spacial score (nSPS) is 16.2. The van der Waals surface area contributed by atoms with Gasteiger partial charge in [0.1, 0.15) is 0 Å². The van der Waals surface area contributed by atoms with Crippen LogP contribution in [-0.4, -0.2) is 51.1 Å². The lowest BCUT2D eigenvalue weighted by Crippen LogP contribution is -2.31.